The Bertz CT molecular complexity index is 381. The maximum absolute atomic E-state index is 11.0. The van der Waals surface area contributed by atoms with Gasteiger partial charge < -0.3 is 14.6 Å². The Balaban J connectivity index is 1.90. The molecule has 0 spiro atoms. The first-order chi connectivity index (χ1) is 8.16. The number of carboxylic acids is 1. The zero-order valence-corrected chi connectivity index (χ0v) is 10.3. The van der Waals surface area contributed by atoms with E-state index in [1.54, 1.807) is 12.1 Å². The number of carbonyl (C=O) groups is 1. The third kappa shape index (κ3) is 3.09. The van der Waals surface area contributed by atoms with Gasteiger partial charge in [0.05, 0.1) is 0 Å². The molecular weight excluding hydrogens is 216 g/mol. The smallest absolute Gasteiger partial charge is 0.352 e. The number of hydrogen-bond acceptors (Lipinski definition) is 2. The molecule has 1 aromatic heterocycles. The van der Waals surface area contributed by atoms with Gasteiger partial charge in [-0.05, 0) is 44.0 Å². The molecule has 0 aliphatic carbocycles. The summed E-state index contributed by atoms with van der Waals surface area (Å²) >= 11 is 0. The van der Waals surface area contributed by atoms with Crippen LogP contribution in [0.15, 0.2) is 18.3 Å². The van der Waals surface area contributed by atoms with E-state index in [4.69, 9.17) is 5.11 Å². The van der Waals surface area contributed by atoms with Gasteiger partial charge in [-0.3, -0.25) is 0 Å². The van der Waals surface area contributed by atoms with Crippen LogP contribution in [0.3, 0.4) is 0 Å². The molecule has 4 nitrogen and oxygen atoms in total. The summed E-state index contributed by atoms with van der Waals surface area (Å²) in [6.45, 7) is 6.43. The Labute approximate surface area is 102 Å². The number of hydrogen-bond donors (Lipinski definition) is 1. The van der Waals surface area contributed by atoms with Gasteiger partial charge in [0.25, 0.3) is 0 Å². The fraction of sp³-hybridized carbons (Fsp3) is 0.615. The van der Waals surface area contributed by atoms with Crippen LogP contribution in [0.1, 0.15) is 30.3 Å². The van der Waals surface area contributed by atoms with Gasteiger partial charge in [-0.1, -0.05) is 6.92 Å². The largest absolute Gasteiger partial charge is 0.477 e. The first-order valence-corrected chi connectivity index (χ1v) is 6.27. The number of likely N-dealkylation sites (tertiary alicyclic amines) is 1. The number of rotatable bonds is 5. The predicted octanol–water partition coefficient (Wildman–Crippen LogP) is 1.92. The number of carboxylic acid groups (broad SMARTS) is 1. The minimum Gasteiger partial charge on any atom is -0.477 e. The second-order valence-electron chi connectivity index (χ2n) is 4.96. The Hall–Kier alpha value is -1.29. The maximum atomic E-state index is 11.0. The van der Waals surface area contributed by atoms with Gasteiger partial charge in [-0.25, -0.2) is 4.79 Å². The molecule has 4 heteroatoms. The van der Waals surface area contributed by atoms with Crippen molar-refractivity contribution in [2.45, 2.75) is 26.3 Å². The summed E-state index contributed by atoms with van der Waals surface area (Å²) in [5, 5.41) is 9.02. The van der Waals surface area contributed by atoms with Crippen molar-refractivity contribution < 1.29 is 9.90 Å². The molecule has 1 unspecified atom stereocenters. The van der Waals surface area contributed by atoms with E-state index in [1.165, 1.54) is 25.9 Å². The van der Waals surface area contributed by atoms with Crippen LogP contribution in [0, 0.1) is 5.92 Å². The van der Waals surface area contributed by atoms with E-state index in [1.807, 2.05) is 10.8 Å². The van der Waals surface area contributed by atoms with Crippen LogP contribution in [0.4, 0.5) is 0 Å². The average Bonchev–Trinajstić information content (AvgIpc) is 2.88. The number of aromatic carboxylic acids is 1. The van der Waals surface area contributed by atoms with Crippen molar-refractivity contribution in [1.82, 2.24) is 9.47 Å². The molecule has 2 heterocycles. The molecule has 0 saturated carbocycles. The van der Waals surface area contributed by atoms with E-state index < -0.39 is 5.97 Å². The average molecular weight is 236 g/mol. The summed E-state index contributed by atoms with van der Waals surface area (Å²) in [4.78, 5) is 13.4. The highest BCUT2D eigenvalue weighted by Crippen LogP contribution is 2.13. The maximum Gasteiger partial charge on any atom is 0.352 e. The lowest BCUT2D eigenvalue weighted by molar-refractivity contribution is 0.0683. The van der Waals surface area contributed by atoms with Gasteiger partial charge >= 0.3 is 5.97 Å². The van der Waals surface area contributed by atoms with E-state index in [0.717, 1.165) is 13.1 Å². The van der Waals surface area contributed by atoms with Gasteiger partial charge in [0, 0.05) is 19.3 Å². The van der Waals surface area contributed by atoms with Gasteiger partial charge in [0.2, 0.25) is 0 Å². The van der Waals surface area contributed by atoms with E-state index >= 15 is 0 Å². The van der Waals surface area contributed by atoms with Crippen molar-refractivity contribution in [3.8, 4) is 0 Å². The predicted molar refractivity (Wildman–Crippen MR) is 66.2 cm³/mol. The fourth-order valence-electron chi connectivity index (χ4n) is 2.57. The summed E-state index contributed by atoms with van der Waals surface area (Å²) in [6.07, 6.45) is 4.46. The Kier molecular flexibility index (Phi) is 3.84. The molecule has 2 rings (SSSR count). The minimum absolute atomic E-state index is 0.387. The summed E-state index contributed by atoms with van der Waals surface area (Å²) in [5.74, 6) is -0.359. The second-order valence-corrected chi connectivity index (χ2v) is 4.96. The van der Waals surface area contributed by atoms with E-state index in [9.17, 15) is 4.79 Å². The molecule has 1 N–H and O–H groups in total. The molecule has 0 bridgehead atoms. The molecule has 1 atom stereocenters. The van der Waals surface area contributed by atoms with Crippen LogP contribution in [-0.2, 0) is 6.54 Å². The molecule has 17 heavy (non-hydrogen) atoms. The molecule has 1 saturated heterocycles. The van der Waals surface area contributed by atoms with Crippen molar-refractivity contribution >= 4 is 5.97 Å². The second kappa shape index (κ2) is 5.36. The summed E-state index contributed by atoms with van der Waals surface area (Å²) in [5.41, 5.74) is 0.387. The molecule has 94 valence electrons. The SMILES string of the molecule is CC(CN1CCCC1)Cn1cccc1C(=O)O. The fourth-order valence-corrected chi connectivity index (χ4v) is 2.57. The standard InChI is InChI=1S/C13H20N2O2/c1-11(9-14-6-2-3-7-14)10-15-8-4-5-12(15)13(16)17/h4-5,8,11H,2-3,6-7,9-10H2,1H3,(H,16,17). The van der Waals surface area contributed by atoms with E-state index in [2.05, 4.69) is 11.8 Å². The third-order valence-electron chi connectivity index (χ3n) is 3.33. The van der Waals surface area contributed by atoms with E-state index in [-0.39, 0.29) is 0 Å². The Morgan fingerprint density at radius 1 is 1.41 bits per heavy atom. The zero-order valence-electron chi connectivity index (χ0n) is 10.3. The van der Waals surface area contributed by atoms with Crippen LogP contribution >= 0.6 is 0 Å². The van der Waals surface area contributed by atoms with Crippen LogP contribution in [0.25, 0.3) is 0 Å². The highest BCUT2D eigenvalue weighted by atomic mass is 16.4. The number of nitrogens with zero attached hydrogens (tertiary/aromatic N) is 2. The Morgan fingerprint density at radius 2 is 2.12 bits per heavy atom. The van der Waals surface area contributed by atoms with Crippen LogP contribution in [0.5, 0.6) is 0 Å². The van der Waals surface area contributed by atoms with Crippen molar-refractivity contribution in [2.75, 3.05) is 19.6 Å². The monoisotopic (exact) mass is 236 g/mol. The van der Waals surface area contributed by atoms with E-state index in [0.29, 0.717) is 11.6 Å². The molecule has 0 aromatic carbocycles. The molecule has 1 aliphatic rings. The zero-order chi connectivity index (χ0) is 12.3. The van der Waals surface area contributed by atoms with Crippen molar-refractivity contribution in [3.05, 3.63) is 24.0 Å². The summed E-state index contributed by atoms with van der Waals surface area (Å²) in [7, 11) is 0. The third-order valence-corrected chi connectivity index (χ3v) is 3.33. The first kappa shape index (κ1) is 12.2. The highest BCUT2D eigenvalue weighted by molar-refractivity contribution is 5.85. The first-order valence-electron chi connectivity index (χ1n) is 6.27. The van der Waals surface area contributed by atoms with Gasteiger partial charge in [-0.2, -0.15) is 0 Å². The quantitative estimate of drug-likeness (QED) is 0.849. The Morgan fingerprint density at radius 3 is 2.76 bits per heavy atom. The van der Waals surface area contributed by atoms with Crippen LogP contribution in [-0.4, -0.2) is 40.2 Å². The molecule has 1 aromatic rings. The molecular formula is C13H20N2O2. The van der Waals surface area contributed by atoms with Crippen LogP contribution < -0.4 is 0 Å². The summed E-state index contributed by atoms with van der Waals surface area (Å²) in [6, 6.07) is 3.46. The molecule has 1 aliphatic heterocycles. The highest BCUT2D eigenvalue weighted by Gasteiger charge is 2.16. The molecule has 0 amide bonds. The topological polar surface area (TPSA) is 45.5 Å². The normalized spacial score (nSPS) is 18.4. The van der Waals surface area contributed by atoms with Gasteiger partial charge in [0.1, 0.15) is 5.69 Å². The number of aromatic nitrogens is 1. The van der Waals surface area contributed by atoms with Crippen molar-refractivity contribution in [3.63, 3.8) is 0 Å². The summed E-state index contributed by atoms with van der Waals surface area (Å²) < 4.78 is 1.84. The van der Waals surface area contributed by atoms with Crippen LogP contribution in [0.2, 0.25) is 0 Å². The molecule has 0 radical (unpaired) electrons. The van der Waals surface area contributed by atoms with Gasteiger partial charge in [-0.15, -0.1) is 0 Å². The lowest BCUT2D eigenvalue weighted by Crippen LogP contribution is -2.28. The van der Waals surface area contributed by atoms with Crippen molar-refractivity contribution in [2.24, 2.45) is 5.92 Å². The van der Waals surface area contributed by atoms with Gasteiger partial charge in [0.15, 0.2) is 0 Å². The minimum atomic E-state index is -0.844. The lowest BCUT2D eigenvalue weighted by Gasteiger charge is -2.21. The lowest BCUT2D eigenvalue weighted by atomic mass is 10.1. The van der Waals surface area contributed by atoms with Crippen molar-refractivity contribution in [1.29, 1.82) is 0 Å². The molecule has 1 fully saturated rings.